The lowest BCUT2D eigenvalue weighted by atomic mass is 10.0. The van der Waals surface area contributed by atoms with Gasteiger partial charge in [-0.1, -0.05) is 23.8 Å². The maximum Gasteiger partial charge on any atom is 0.429 e. The Morgan fingerprint density at radius 3 is 2.12 bits per heavy atom. The van der Waals surface area contributed by atoms with Crippen molar-refractivity contribution in [2.45, 2.75) is 59.8 Å². The molecule has 138 valence electrons. The van der Waals surface area contributed by atoms with Crippen molar-refractivity contribution in [1.29, 1.82) is 0 Å². The molecule has 2 amide bonds. The Morgan fingerprint density at radius 2 is 1.60 bits per heavy atom. The molecule has 7 heteroatoms. The Hall–Kier alpha value is -2.57. The summed E-state index contributed by atoms with van der Waals surface area (Å²) in [7, 11) is 0. The molecule has 0 bridgehead atoms. The number of rotatable bonds is 5. The van der Waals surface area contributed by atoms with Crippen molar-refractivity contribution in [1.82, 2.24) is 10.4 Å². The molecule has 0 aliphatic heterocycles. The minimum Gasteiger partial charge on any atom is -0.446 e. The highest BCUT2D eigenvalue weighted by Crippen LogP contribution is 2.12. The molecule has 25 heavy (non-hydrogen) atoms. The Morgan fingerprint density at radius 1 is 1.00 bits per heavy atom. The zero-order valence-corrected chi connectivity index (χ0v) is 15.5. The van der Waals surface area contributed by atoms with Gasteiger partial charge in [0.15, 0.2) is 5.78 Å². The molecule has 1 aromatic carbocycles. The maximum absolute atomic E-state index is 12.7. The van der Waals surface area contributed by atoms with Gasteiger partial charge in [-0.2, -0.15) is 0 Å². The van der Waals surface area contributed by atoms with E-state index in [-0.39, 0.29) is 11.9 Å². The van der Waals surface area contributed by atoms with E-state index in [0.717, 1.165) is 10.6 Å². The van der Waals surface area contributed by atoms with E-state index in [0.29, 0.717) is 5.56 Å². The number of carbonyl (C=O) groups is 3. The van der Waals surface area contributed by atoms with Gasteiger partial charge >= 0.3 is 12.2 Å². The lowest BCUT2D eigenvalue weighted by Gasteiger charge is -2.28. The lowest BCUT2D eigenvalue weighted by Crippen LogP contribution is -2.54. The van der Waals surface area contributed by atoms with Gasteiger partial charge < -0.3 is 9.47 Å². The monoisotopic (exact) mass is 350 g/mol. The third-order valence-corrected chi connectivity index (χ3v) is 3.16. The van der Waals surface area contributed by atoms with Crippen LogP contribution in [0.4, 0.5) is 9.59 Å². The Kier molecular flexibility index (Phi) is 7.42. The third-order valence-electron chi connectivity index (χ3n) is 3.16. The summed E-state index contributed by atoms with van der Waals surface area (Å²) in [6, 6.07) is 6.03. The third kappa shape index (κ3) is 6.45. The number of aryl methyl sites for hydroxylation is 1. The van der Waals surface area contributed by atoms with E-state index in [9.17, 15) is 14.4 Å². The van der Waals surface area contributed by atoms with Crippen molar-refractivity contribution in [2.24, 2.45) is 0 Å². The molecule has 0 aromatic heterocycles. The second-order valence-corrected chi connectivity index (χ2v) is 6.28. The van der Waals surface area contributed by atoms with Gasteiger partial charge in [-0.15, -0.1) is 0 Å². The largest absolute Gasteiger partial charge is 0.446 e. The number of hydrogen-bond donors (Lipinski definition) is 1. The molecule has 1 atom stereocenters. The van der Waals surface area contributed by atoms with E-state index >= 15 is 0 Å². The van der Waals surface area contributed by atoms with Gasteiger partial charge in [-0.05, 0) is 47.6 Å². The average Bonchev–Trinajstić information content (AvgIpc) is 2.49. The van der Waals surface area contributed by atoms with Gasteiger partial charge in [0.25, 0.3) is 0 Å². The molecule has 0 radical (unpaired) electrons. The van der Waals surface area contributed by atoms with Crippen LogP contribution in [0, 0.1) is 6.92 Å². The van der Waals surface area contributed by atoms with E-state index in [4.69, 9.17) is 9.47 Å². The van der Waals surface area contributed by atoms with Crippen LogP contribution in [0.15, 0.2) is 24.3 Å². The van der Waals surface area contributed by atoms with Crippen LogP contribution >= 0.6 is 0 Å². The topological polar surface area (TPSA) is 84.9 Å². The van der Waals surface area contributed by atoms with Crippen molar-refractivity contribution < 1.29 is 23.9 Å². The predicted octanol–water partition coefficient (Wildman–Crippen LogP) is 3.46. The van der Waals surface area contributed by atoms with Crippen molar-refractivity contribution in [3.05, 3.63) is 35.4 Å². The van der Waals surface area contributed by atoms with Gasteiger partial charge in [-0.25, -0.2) is 20.0 Å². The summed E-state index contributed by atoms with van der Waals surface area (Å²) in [5, 5.41) is 0.857. The number of hydrogen-bond acceptors (Lipinski definition) is 5. The van der Waals surface area contributed by atoms with E-state index in [2.05, 4.69) is 5.43 Å². The standard InChI is InChI=1S/C18H26N2O5/c1-11(2)24-17(22)19-20(18(23)25-12(3)4)14(6)16(21)15-9-7-8-13(5)10-15/h7-12,14H,1-6H3,(H,19,22)/t14-/m1/s1. The molecule has 0 fully saturated rings. The second kappa shape index (κ2) is 9.05. The normalized spacial score (nSPS) is 11.8. The molecule has 0 saturated carbocycles. The number of Topliss-reactive ketones (excluding diaryl/α,β-unsaturated/α-hetero) is 1. The lowest BCUT2D eigenvalue weighted by molar-refractivity contribution is 0.0326. The molecule has 1 N–H and O–H groups in total. The molecule has 7 nitrogen and oxygen atoms in total. The smallest absolute Gasteiger partial charge is 0.429 e. The van der Waals surface area contributed by atoms with E-state index in [1.807, 2.05) is 13.0 Å². The van der Waals surface area contributed by atoms with Crippen molar-refractivity contribution in [2.75, 3.05) is 0 Å². The number of amides is 2. The molecular weight excluding hydrogens is 324 g/mol. The predicted molar refractivity (Wildman–Crippen MR) is 93.2 cm³/mol. The molecule has 0 unspecified atom stereocenters. The minimum atomic E-state index is -0.965. The number of nitrogens with one attached hydrogen (secondary N) is 1. The van der Waals surface area contributed by atoms with Crippen LogP contribution in [0.2, 0.25) is 0 Å². The number of nitrogens with zero attached hydrogens (tertiary/aromatic N) is 1. The zero-order valence-electron chi connectivity index (χ0n) is 15.5. The van der Waals surface area contributed by atoms with Crippen LogP contribution in [0.25, 0.3) is 0 Å². The van der Waals surface area contributed by atoms with Crippen LogP contribution in [0.5, 0.6) is 0 Å². The number of benzene rings is 1. The number of hydrazine groups is 1. The molecule has 0 aliphatic carbocycles. The average molecular weight is 350 g/mol. The van der Waals surface area contributed by atoms with Crippen LogP contribution < -0.4 is 5.43 Å². The van der Waals surface area contributed by atoms with Gasteiger partial charge in [0, 0.05) is 5.56 Å². The summed E-state index contributed by atoms with van der Waals surface area (Å²) >= 11 is 0. The van der Waals surface area contributed by atoms with E-state index < -0.39 is 24.3 Å². The van der Waals surface area contributed by atoms with Crippen LogP contribution in [0.1, 0.15) is 50.5 Å². The van der Waals surface area contributed by atoms with Crippen molar-refractivity contribution in [3.8, 4) is 0 Å². The van der Waals surface area contributed by atoms with Crippen molar-refractivity contribution in [3.63, 3.8) is 0 Å². The Bertz CT molecular complexity index is 628. The fourth-order valence-electron chi connectivity index (χ4n) is 2.05. The van der Waals surface area contributed by atoms with Gasteiger partial charge in [0.2, 0.25) is 0 Å². The zero-order chi connectivity index (χ0) is 19.1. The van der Waals surface area contributed by atoms with Crippen molar-refractivity contribution >= 4 is 18.0 Å². The summed E-state index contributed by atoms with van der Waals surface area (Å²) in [5.74, 6) is -0.325. The summed E-state index contributed by atoms with van der Waals surface area (Å²) in [4.78, 5) is 36.9. The minimum absolute atomic E-state index is 0.325. The summed E-state index contributed by atoms with van der Waals surface area (Å²) in [6.45, 7) is 10.1. The summed E-state index contributed by atoms with van der Waals surface area (Å²) in [6.07, 6.45) is -2.44. The molecule has 0 saturated heterocycles. The molecule has 0 spiro atoms. The highest BCUT2D eigenvalue weighted by Gasteiger charge is 2.31. The van der Waals surface area contributed by atoms with Crippen LogP contribution in [0.3, 0.4) is 0 Å². The SMILES string of the molecule is Cc1cccc(C(=O)[C@@H](C)N(NC(=O)OC(C)C)C(=O)OC(C)C)c1. The first-order chi connectivity index (χ1) is 11.6. The molecule has 1 aromatic rings. The Balaban J connectivity index is 3.01. The first-order valence-electron chi connectivity index (χ1n) is 8.19. The Labute approximate surface area is 148 Å². The molecule has 0 aliphatic rings. The highest BCUT2D eigenvalue weighted by atomic mass is 16.6. The quantitative estimate of drug-likeness (QED) is 0.649. The molecule has 1 rings (SSSR count). The summed E-state index contributed by atoms with van der Waals surface area (Å²) < 4.78 is 10.1. The molecular formula is C18H26N2O5. The fourth-order valence-corrected chi connectivity index (χ4v) is 2.05. The number of ether oxygens (including phenoxy) is 2. The first-order valence-corrected chi connectivity index (χ1v) is 8.19. The van der Waals surface area contributed by atoms with Crippen LogP contribution in [-0.4, -0.2) is 41.2 Å². The number of ketones is 1. The first kappa shape index (κ1) is 20.5. The van der Waals surface area contributed by atoms with Gasteiger partial charge in [0.05, 0.1) is 12.2 Å². The van der Waals surface area contributed by atoms with Gasteiger partial charge in [0.1, 0.15) is 6.04 Å². The van der Waals surface area contributed by atoms with Crippen LogP contribution in [-0.2, 0) is 9.47 Å². The number of carbonyl (C=O) groups excluding carboxylic acids is 3. The van der Waals surface area contributed by atoms with Gasteiger partial charge in [-0.3, -0.25) is 4.79 Å². The summed E-state index contributed by atoms with van der Waals surface area (Å²) in [5.41, 5.74) is 3.65. The van der Waals surface area contributed by atoms with E-state index in [1.54, 1.807) is 45.9 Å². The maximum atomic E-state index is 12.7. The highest BCUT2D eigenvalue weighted by molar-refractivity contribution is 6.01. The fraction of sp³-hybridized carbons (Fsp3) is 0.500. The second-order valence-electron chi connectivity index (χ2n) is 6.28. The molecule has 0 heterocycles. The van der Waals surface area contributed by atoms with E-state index in [1.165, 1.54) is 6.92 Å².